The molecule has 1 aliphatic heterocycles. The fourth-order valence-electron chi connectivity index (χ4n) is 3.23. The average molecular weight is 419 g/mol. The second-order valence-electron chi connectivity index (χ2n) is 6.74. The van der Waals surface area contributed by atoms with Crippen molar-refractivity contribution in [2.75, 3.05) is 45.3 Å². The van der Waals surface area contributed by atoms with Gasteiger partial charge in [0.25, 0.3) is 0 Å². The Morgan fingerprint density at radius 2 is 1.80 bits per heavy atom. The third-order valence-corrected chi connectivity index (χ3v) is 4.83. The number of benzene rings is 2. The predicted octanol–water partition coefficient (Wildman–Crippen LogP) is 2.58. The first-order valence-corrected chi connectivity index (χ1v) is 9.42. The van der Waals surface area contributed by atoms with Gasteiger partial charge in [0.15, 0.2) is 23.1 Å². The van der Waals surface area contributed by atoms with E-state index in [9.17, 15) is 18.4 Å². The Bertz CT molecular complexity index is 938. The monoisotopic (exact) mass is 419 g/mol. The van der Waals surface area contributed by atoms with E-state index in [0.29, 0.717) is 37.6 Å². The summed E-state index contributed by atoms with van der Waals surface area (Å²) in [6, 6.07) is 8.39. The molecule has 3 rings (SSSR count). The topological polar surface area (TPSA) is 71.1 Å². The van der Waals surface area contributed by atoms with E-state index in [0.717, 1.165) is 17.7 Å². The molecular formula is C21H23F2N3O4. The van der Waals surface area contributed by atoms with Gasteiger partial charge in [0.2, 0.25) is 5.91 Å². The summed E-state index contributed by atoms with van der Waals surface area (Å²) >= 11 is 0. The Morgan fingerprint density at radius 3 is 2.50 bits per heavy atom. The van der Waals surface area contributed by atoms with Crippen molar-refractivity contribution < 1.29 is 27.8 Å². The molecule has 2 aromatic carbocycles. The number of halogens is 2. The Hall–Kier alpha value is -3.36. The maximum atomic E-state index is 13.4. The second kappa shape index (κ2) is 9.43. The molecule has 1 aliphatic rings. The van der Waals surface area contributed by atoms with Gasteiger partial charge in [-0.15, -0.1) is 0 Å². The number of rotatable bonds is 8. The zero-order valence-electron chi connectivity index (χ0n) is 16.8. The van der Waals surface area contributed by atoms with Crippen LogP contribution in [-0.4, -0.2) is 57.2 Å². The van der Waals surface area contributed by atoms with E-state index >= 15 is 0 Å². The van der Waals surface area contributed by atoms with E-state index in [-0.39, 0.29) is 18.1 Å². The lowest BCUT2D eigenvalue weighted by Gasteiger charge is -2.18. The molecule has 3 amide bonds. The van der Waals surface area contributed by atoms with Gasteiger partial charge in [-0.25, -0.2) is 13.6 Å². The number of amides is 3. The molecule has 1 heterocycles. The van der Waals surface area contributed by atoms with Gasteiger partial charge < -0.3 is 19.7 Å². The van der Waals surface area contributed by atoms with Crippen molar-refractivity contribution in [3.63, 3.8) is 0 Å². The van der Waals surface area contributed by atoms with Crippen LogP contribution in [0.25, 0.3) is 0 Å². The Morgan fingerprint density at radius 1 is 1.03 bits per heavy atom. The zero-order chi connectivity index (χ0) is 21.7. The summed E-state index contributed by atoms with van der Waals surface area (Å²) in [6.07, 6.45) is 0.584. The molecule has 0 bridgehead atoms. The van der Waals surface area contributed by atoms with E-state index in [2.05, 4.69) is 5.32 Å². The van der Waals surface area contributed by atoms with Crippen molar-refractivity contribution in [2.45, 2.75) is 6.42 Å². The highest BCUT2D eigenvalue weighted by Crippen LogP contribution is 2.27. The molecule has 9 heteroatoms. The van der Waals surface area contributed by atoms with Crippen LogP contribution in [0.15, 0.2) is 36.4 Å². The molecule has 30 heavy (non-hydrogen) atoms. The van der Waals surface area contributed by atoms with E-state index in [1.165, 1.54) is 15.9 Å². The van der Waals surface area contributed by atoms with Crippen LogP contribution < -0.4 is 19.7 Å². The summed E-state index contributed by atoms with van der Waals surface area (Å²) < 4.78 is 37.0. The molecule has 1 saturated heterocycles. The molecule has 0 saturated carbocycles. The van der Waals surface area contributed by atoms with Crippen LogP contribution in [-0.2, 0) is 11.2 Å². The number of carbonyl (C=O) groups excluding carboxylic acids is 2. The lowest BCUT2D eigenvalue weighted by Crippen LogP contribution is -2.40. The summed E-state index contributed by atoms with van der Waals surface area (Å²) in [5.41, 5.74) is 1.23. The highest BCUT2D eigenvalue weighted by Gasteiger charge is 2.31. The fourth-order valence-corrected chi connectivity index (χ4v) is 3.23. The summed E-state index contributed by atoms with van der Waals surface area (Å²) in [6.45, 7) is 0.901. The maximum Gasteiger partial charge on any atom is 0.325 e. The number of ether oxygens (including phenoxy) is 2. The lowest BCUT2D eigenvalue weighted by molar-refractivity contribution is -0.121. The van der Waals surface area contributed by atoms with Gasteiger partial charge in [-0.3, -0.25) is 9.69 Å². The summed E-state index contributed by atoms with van der Waals surface area (Å²) in [5.74, 6) is -1.05. The number of methoxy groups -OCH3 is 2. The Balaban J connectivity index is 1.49. The minimum atomic E-state index is -1.02. The minimum Gasteiger partial charge on any atom is -0.493 e. The number of nitrogens with zero attached hydrogens (tertiary/aromatic N) is 2. The molecule has 0 spiro atoms. The van der Waals surface area contributed by atoms with E-state index in [1.54, 1.807) is 20.3 Å². The molecular weight excluding hydrogens is 396 g/mol. The number of anilines is 1. The summed E-state index contributed by atoms with van der Waals surface area (Å²) in [4.78, 5) is 27.4. The zero-order valence-corrected chi connectivity index (χ0v) is 16.8. The van der Waals surface area contributed by atoms with Gasteiger partial charge in [-0.05, 0) is 36.2 Å². The second-order valence-corrected chi connectivity index (χ2v) is 6.74. The number of carbonyl (C=O) groups is 2. The molecule has 160 valence electrons. The van der Waals surface area contributed by atoms with Crippen LogP contribution in [0.1, 0.15) is 5.56 Å². The molecule has 7 nitrogen and oxygen atoms in total. The molecule has 0 radical (unpaired) electrons. The van der Waals surface area contributed by atoms with Crippen LogP contribution in [0.4, 0.5) is 19.3 Å². The first kappa shape index (κ1) is 21.4. The predicted molar refractivity (Wildman–Crippen MR) is 107 cm³/mol. The highest BCUT2D eigenvalue weighted by atomic mass is 19.2. The van der Waals surface area contributed by atoms with Crippen molar-refractivity contribution in [3.05, 3.63) is 53.6 Å². The molecule has 2 aromatic rings. The largest absolute Gasteiger partial charge is 0.493 e. The van der Waals surface area contributed by atoms with Gasteiger partial charge >= 0.3 is 6.03 Å². The van der Waals surface area contributed by atoms with Crippen LogP contribution in [0.2, 0.25) is 0 Å². The normalized spacial score (nSPS) is 13.5. The van der Waals surface area contributed by atoms with Crippen molar-refractivity contribution >= 4 is 17.6 Å². The first-order valence-electron chi connectivity index (χ1n) is 9.42. The lowest BCUT2D eigenvalue weighted by atomic mass is 10.1. The molecule has 0 atom stereocenters. The molecule has 1 fully saturated rings. The number of urea groups is 1. The van der Waals surface area contributed by atoms with Crippen molar-refractivity contribution in [3.8, 4) is 11.5 Å². The van der Waals surface area contributed by atoms with Crippen LogP contribution in [0.3, 0.4) is 0 Å². The average Bonchev–Trinajstić information content (AvgIpc) is 3.10. The summed E-state index contributed by atoms with van der Waals surface area (Å²) in [7, 11) is 3.12. The van der Waals surface area contributed by atoms with Crippen molar-refractivity contribution in [1.82, 2.24) is 10.2 Å². The van der Waals surface area contributed by atoms with Gasteiger partial charge in [-0.2, -0.15) is 0 Å². The minimum absolute atomic E-state index is 0.106. The standard InChI is InChI=1S/C21H23F2N3O4/c1-29-18-6-3-14(11-19(18)30-2)7-8-24-20(27)13-25-9-10-26(21(25)28)15-4-5-16(22)17(23)12-15/h3-6,11-12H,7-10,13H2,1-2H3,(H,24,27). The first-order chi connectivity index (χ1) is 14.4. The number of hydrogen-bond acceptors (Lipinski definition) is 4. The van der Waals surface area contributed by atoms with Crippen molar-refractivity contribution in [1.29, 1.82) is 0 Å². The third kappa shape index (κ3) is 4.79. The third-order valence-electron chi connectivity index (χ3n) is 4.83. The fraction of sp³-hybridized carbons (Fsp3) is 0.333. The van der Waals surface area contributed by atoms with Crippen molar-refractivity contribution in [2.24, 2.45) is 0 Å². The van der Waals surface area contributed by atoms with Gasteiger partial charge in [0, 0.05) is 31.4 Å². The molecule has 0 aromatic heterocycles. The number of hydrogen-bond donors (Lipinski definition) is 1. The van der Waals surface area contributed by atoms with E-state index < -0.39 is 17.7 Å². The van der Waals surface area contributed by atoms with Crippen LogP contribution in [0, 0.1) is 11.6 Å². The molecule has 0 unspecified atom stereocenters. The smallest absolute Gasteiger partial charge is 0.325 e. The number of nitrogens with one attached hydrogen (secondary N) is 1. The van der Waals surface area contributed by atoms with Crippen LogP contribution in [0.5, 0.6) is 11.5 Å². The van der Waals surface area contributed by atoms with Gasteiger partial charge in [0.05, 0.1) is 14.2 Å². The van der Waals surface area contributed by atoms with Crippen LogP contribution >= 0.6 is 0 Å². The molecule has 0 aliphatic carbocycles. The SMILES string of the molecule is COc1ccc(CCNC(=O)CN2CCN(c3ccc(F)c(F)c3)C2=O)cc1OC. The van der Waals surface area contributed by atoms with E-state index in [1.807, 2.05) is 12.1 Å². The highest BCUT2D eigenvalue weighted by molar-refractivity contribution is 5.96. The van der Waals surface area contributed by atoms with Gasteiger partial charge in [0.1, 0.15) is 6.54 Å². The molecule has 1 N–H and O–H groups in total. The van der Waals surface area contributed by atoms with Gasteiger partial charge in [-0.1, -0.05) is 6.07 Å². The quantitative estimate of drug-likeness (QED) is 0.714. The Labute approximate surface area is 173 Å². The maximum absolute atomic E-state index is 13.4. The van der Waals surface area contributed by atoms with E-state index in [4.69, 9.17) is 9.47 Å². The summed E-state index contributed by atoms with van der Waals surface area (Å²) in [5, 5.41) is 2.78. The Kier molecular flexibility index (Phi) is 6.71.